The number of aromatic nitrogens is 1. The number of fused-ring (bicyclic) bond motifs is 1. The molecule has 39 heteroatoms. The number of pyridine rings is 1. The number of carbonyl (C=O) groups excluding carboxylic acids is 1. The maximum atomic E-state index is 14.4. The van der Waals surface area contributed by atoms with E-state index in [2.05, 4.69) is 4.98 Å². The predicted octanol–water partition coefficient (Wildman–Crippen LogP) is -13.8. The zero-order chi connectivity index (χ0) is 67.2. The van der Waals surface area contributed by atoms with Crippen molar-refractivity contribution in [3.63, 3.8) is 0 Å². The van der Waals surface area contributed by atoms with Crippen LogP contribution in [0.25, 0.3) is 10.9 Å². The first-order valence-electron chi connectivity index (χ1n) is 29.8. The van der Waals surface area contributed by atoms with Crippen LogP contribution in [0.3, 0.4) is 0 Å². The zero-order valence-electron chi connectivity index (χ0n) is 48.8. The molecule has 0 saturated carbocycles. The van der Waals surface area contributed by atoms with Crippen LogP contribution in [-0.2, 0) is 66.3 Å². The average molecular weight is 1350 g/mol. The van der Waals surface area contributed by atoms with Gasteiger partial charge >= 0.3 is 0 Å². The Hall–Kier alpha value is -3.50. The molecule has 21 saturated heterocycles. The number of carbonyl (C=O) groups is 1. The summed E-state index contributed by atoms with van der Waals surface area (Å²) in [6, 6.07) is 7.14. The average Bonchev–Trinajstić information content (AvgIpc) is 0.813. The first-order chi connectivity index (χ1) is 44.4. The molecule has 39 nitrogen and oxygen atoms in total. The molecule has 0 unspecified atom stereocenters. The van der Waals surface area contributed by atoms with E-state index < -0.39 is 280 Å². The Kier molecular flexibility index (Phi) is 23.9. The molecule has 1 aromatic heterocycles. The Morgan fingerprint density at radius 2 is 0.602 bits per heavy atom. The minimum Gasteiger partial charge on any atom is -0.506 e. The van der Waals surface area contributed by atoms with E-state index in [9.17, 15) is 117 Å². The van der Waals surface area contributed by atoms with E-state index in [1.165, 1.54) is 24.3 Å². The molecule has 93 heavy (non-hydrogen) atoms. The van der Waals surface area contributed by atoms with Gasteiger partial charge in [-0.15, -0.1) is 0 Å². The number of ether oxygens (including phenoxy) is 14. The van der Waals surface area contributed by atoms with Crippen LogP contribution in [0.4, 0.5) is 0 Å². The van der Waals surface area contributed by atoms with E-state index in [0.29, 0.717) is 5.39 Å². The number of hydrogen-bond acceptors (Lipinski definition) is 38. The quantitative estimate of drug-likeness (QED) is 0.0993. The maximum Gasteiger partial charge on any atom is 0.272 e. The summed E-state index contributed by atoms with van der Waals surface area (Å²) in [5.41, 5.74) is -0.328. The summed E-state index contributed by atoms with van der Waals surface area (Å²) in [6.07, 6.45) is -73.0. The number of hydrogen-bond donors (Lipinski definition) is 22. The monoisotopic (exact) mass is 1350 g/mol. The SMILES string of the molecule is O=C(c1ccc2cccc(O)c2n1)N(CCO)C[C@H]1O[C@@H]2O[C@H]3[C@H](O)[C@@H](O)[C@@H](O[C@H]4[C@H](O)[C@@H](O)[C@@H](O[C@H]5[C@H](O)[C@@H](O)[C@@H](O[C@H]6[C@H](O)[C@@H](O)[C@@H](O[C@H]7[C@H](O)[C@@H](O)[C@@H](O[C@H]8[C@H](O)[C@@H](O)[C@@H](O[C@H]1[C@H](O)[C@H]2O)O[C@@H]8CO)O[C@@H]7CO)O[C@@H]6CO)O[C@@H]5CO)O[C@@H]4CO)O[C@@H]3CO. The van der Waals surface area contributed by atoms with Crippen LogP contribution in [0.1, 0.15) is 10.5 Å². The highest BCUT2D eigenvalue weighted by atomic mass is 16.8. The van der Waals surface area contributed by atoms with Crippen molar-refractivity contribution in [3.05, 3.63) is 36.0 Å². The van der Waals surface area contributed by atoms with Crippen molar-refractivity contribution in [1.29, 1.82) is 0 Å². The van der Waals surface area contributed by atoms with Gasteiger partial charge < -0.3 is 184 Å². The van der Waals surface area contributed by atoms with Crippen molar-refractivity contribution in [3.8, 4) is 5.75 Å². The Morgan fingerprint density at radius 3 is 0.860 bits per heavy atom. The fourth-order valence-electron chi connectivity index (χ4n) is 12.4. The number of amides is 1. The molecular weight excluding hydrogens is 1270 g/mol. The first-order valence-corrected chi connectivity index (χ1v) is 29.8. The largest absolute Gasteiger partial charge is 0.506 e. The minimum atomic E-state index is -2.35. The lowest BCUT2D eigenvalue weighted by Crippen LogP contribution is -2.68. The number of nitrogens with zero attached hydrogens (tertiary/aromatic N) is 2. The van der Waals surface area contributed by atoms with Gasteiger partial charge in [-0.1, -0.05) is 18.2 Å². The van der Waals surface area contributed by atoms with Gasteiger partial charge in [0.2, 0.25) is 0 Å². The standard InChI is InChI=1S/C54H80N2O37/c57-7-6-56(47(79)16-5-4-15-2-1-3-17(64)25(15)55-16)8-18-40-26(65)33(72)48(80-18)88-41-19(9-58)82-50(35(74)28(41)67)90-43-21(11-60)84-52(37(76)30(43)69)92-45-23(13-62)86-54(39(78)32(45)71)93-46-24(14-63)85-53(38(77)31(46)70)91-44-22(12-61)83-51(36(75)29(44)68)89-42-20(10-59)81-49(87-40)34(73)27(42)66/h1-5,18-24,26-46,48-54,57-78H,6-14H2/t18-,19-,20-,21-,22-,23-,24-,26-,27-,28-,29-,30-,31-,32-,33-,34-,35-,36-,37-,38-,39-,40-,41-,42-,43-,44-,45-,46-,48-,49-,50-,51-,52-,53-,54-/m1/s1. The molecule has 14 bridgehead atoms. The van der Waals surface area contributed by atoms with Crippen LogP contribution in [0.15, 0.2) is 30.3 Å². The second-order valence-electron chi connectivity index (χ2n) is 23.5. The molecule has 1 amide bonds. The van der Waals surface area contributed by atoms with Crippen LogP contribution in [0.2, 0.25) is 0 Å². The summed E-state index contributed by atoms with van der Waals surface area (Å²) in [5, 5.41) is 247. The van der Waals surface area contributed by atoms with Gasteiger partial charge in [0.1, 0.15) is 188 Å². The second-order valence-corrected chi connectivity index (χ2v) is 23.5. The third kappa shape index (κ3) is 14.4. The molecule has 22 N–H and O–H groups in total. The minimum absolute atomic E-state index is 0.0120. The number of aromatic hydroxyl groups is 1. The van der Waals surface area contributed by atoms with E-state index in [1.807, 2.05) is 0 Å². The molecule has 21 aliphatic rings. The fraction of sp³-hybridized carbons (Fsp3) is 0.815. The van der Waals surface area contributed by atoms with E-state index in [4.69, 9.17) is 66.3 Å². The summed E-state index contributed by atoms with van der Waals surface area (Å²) in [6.45, 7) is -8.67. The van der Waals surface area contributed by atoms with Crippen LogP contribution >= 0.6 is 0 Å². The summed E-state index contributed by atoms with van der Waals surface area (Å²) < 4.78 is 81.5. The van der Waals surface area contributed by atoms with Crippen molar-refractivity contribution in [2.75, 3.05) is 59.3 Å². The molecule has 0 spiro atoms. The molecule has 2 aromatic rings. The summed E-state index contributed by atoms with van der Waals surface area (Å²) in [7, 11) is 0. The lowest BCUT2D eigenvalue weighted by molar-refractivity contribution is -0.396. The maximum absolute atomic E-state index is 14.4. The lowest BCUT2D eigenvalue weighted by atomic mass is 9.95. The topological polar surface area (TPSA) is 607 Å². The number of phenolic OH excluding ortho intramolecular Hbond substituents is 1. The Morgan fingerprint density at radius 1 is 0.344 bits per heavy atom. The zero-order valence-corrected chi connectivity index (χ0v) is 48.8. The Balaban J connectivity index is 0.971. The highest BCUT2D eigenvalue weighted by Crippen LogP contribution is 2.39. The van der Waals surface area contributed by atoms with Crippen molar-refractivity contribution in [2.24, 2.45) is 0 Å². The van der Waals surface area contributed by atoms with Gasteiger partial charge in [-0.3, -0.25) is 4.79 Å². The molecule has 22 heterocycles. The van der Waals surface area contributed by atoms with E-state index in [1.54, 1.807) is 6.07 Å². The third-order valence-electron chi connectivity index (χ3n) is 17.6. The molecule has 0 radical (unpaired) electrons. The van der Waals surface area contributed by atoms with Gasteiger partial charge in [-0.2, -0.15) is 0 Å². The molecule has 1 aromatic carbocycles. The van der Waals surface area contributed by atoms with Gasteiger partial charge in [0.05, 0.1) is 52.8 Å². The van der Waals surface area contributed by atoms with Crippen LogP contribution < -0.4 is 0 Å². The van der Waals surface area contributed by atoms with Crippen molar-refractivity contribution in [1.82, 2.24) is 9.88 Å². The summed E-state index contributed by atoms with van der Waals surface area (Å²) in [4.78, 5) is 19.6. The lowest BCUT2D eigenvalue weighted by Gasteiger charge is -2.50. The molecule has 21 aliphatic heterocycles. The normalized spacial score (nSPS) is 47.8. The van der Waals surface area contributed by atoms with Gasteiger partial charge in [-0.05, 0) is 12.1 Å². The molecule has 528 valence electrons. The molecule has 21 fully saturated rings. The molecule has 35 atom stereocenters. The number of para-hydroxylation sites is 1. The summed E-state index contributed by atoms with van der Waals surface area (Å²) in [5.74, 6) is -1.27. The van der Waals surface area contributed by atoms with Gasteiger partial charge in [-0.25, -0.2) is 4.98 Å². The second kappa shape index (κ2) is 30.7. The predicted molar refractivity (Wildman–Crippen MR) is 288 cm³/mol. The number of aliphatic hydroxyl groups excluding tert-OH is 21. The summed E-state index contributed by atoms with van der Waals surface area (Å²) >= 11 is 0. The molecular formula is C54H80N2O37. The Labute approximate surface area is 525 Å². The van der Waals surface area contributed by atoms with Crippen molar-refractivity contribution < 1.29 is 183 Å². The van der Waals surface area contributed by atoms with Crippen LogP contribution in [0.5, 0.6) is 5.75 Å². The smallest absolute Gasteiger partial charge is 0.272 e. The van der Waals surface area contributed by atoms with Crippen molar-refractivity contribution >= 4 is 16.8 Å². The first kappa shape index (κ1) is 72.2. The van der Waals surface area contributed by atoms with Crippen LogP contribution in [-0.4, -0.2) is 402 Å². The van der Waals surface area contributed by atoms with Gasteiger partial charge in [0.15, 0.2) is 44.0 Å². The highest BCUT2D eigenvalue weighted by molar-refractivity contribution is 5.96. The van der Waals surface area contributed by atoms with E-state index in [0.717, 1.165) is 4.90 Å². The molecule has 23 rings (SSSR count). The molecule has 0 aliphatic carbocycles. The van der Waals surface area contributed by atoms with Crippen LogP contribution in [0, 0.1) is 0 Å². The number of benzene rings is 1. The highest BCUT2D eigenvalue weighted by Gasteiger charge is 2.60. The van der Waals surface area contributed by atoms with Gasteiger partial charge in [0.25, 0.3) is 5.91 Å². The van der Waals surface area contributed by atoms with Crippen molar-refractivity contribution in [2.45, 2.75) is 215 Å². The van der Waals surface area contributed by atoms with E-state index >= 15 is 0 Å². The van der Waals surface area contributed by atoms with Gasteiger partial charge in [0, 0.05) is 11.9 Å². The number of phenols is 1. The third-order valence-corrected chi connectivity index (χ3v) is 17.6. The fourth-order valence-corrected chi connectivity index (χ4v) is 12.4. The number of aliphatic hydroxyl groups is 21. The van der Waals surface area contributed by atoms with E-state index in [-0.39, 0.29) is 17.0 Å². The number of rotatable bonds is 11. The Bertz CT molecular complexity index is 2720.